The van der Waals surface area contributed by atoms with Crippen molar-refractivity contribution < 1.29 is 0 Å². The summed E-state index contributed by atoms with van der Waals surface area (Å²) in [5, 5.41) is 6.37. The minimum absolute atomic E-state index is 0.495. The van der Waals surface area contributed by atoms with E-state index in [4.69, 9.17) is 5.73 Å². The second kappa shape index (κ2) is 3.34. The number of nitrogen functional groups attached to an aromatic ring is 1. The van der Waals surface area contributed by atoms with Crippen molar-refractivity contribution in [1.29, 1.82) is 0 Å². The molecular weight excluding hydrogens is 200 g/mol. The summed E-state index contributed by atoms with van der Waals surface area (Å²) in [6.07, 6.45) is 3.58. The molecule has 2 heterocycles. The number of nitrogens with two attached hydrogens (primary N) is 1. The molecule has 3 rings (SSSR count). The Balaban J connectivity index is 2.31. The number of pyridine rings is 1. The molecule has 2 N–H and O–H groups in total. The van der Waals surface area contributed by atoms with Gasteiger partial charge in [-0.05, 0) is 11.5 Å². The summed E-state index contributed by atoms with van der Waals surface area (Å²) in [6.45, 7) is 0. The van der Waals surface area contributed by atoms with Crippen molar-refractivity contribution in [3.8, 4) is 5.82 Å². The molecule has 0 aliphatic carbocycles. The zero-order valence-electron chi connectivity index (χ0n) is 8.54. The van der Waals surface area contributed by atoms with Gasteiger partial charge >= 0.3 is 0 Å². The highest BCUT2D eigenvalue weighted by molar-refractivity contribution is 5.88. The maximum atomic E-state index is 5.60. The fourth-order valence-corrected chi connectivity index (χ4v) is 1.74. The van der Waals surface area contributed by atoms with Crippen molar-refractivity contribution in [3.05, 3.63) is 48.8 Å². The SMILES string of the molecule is Nc1ccn(-c2nccc3ccccc23)n1. The van der Waals surface area contributed by atoms with Gasteiger partial charge in [-0.25, -0.2) is 9.67 Å². The van der Waals surface area contributed by atoms with E-state index >= 15 is 0 Å². The van der Waals surface area contributed by atoms with E-state index in [1.165, 1.54) is 0 Å². The standard InChI is InChI=1S/C12H10N4/c13-11-6-8-16(15-11)12-10-4-2-1-3-9(10)5-7-14-12/h1-8H,(H2,13,15). The van der Waals surface area contributed by atoms with Crippen molar-refractivity contribution in [2.24, 2.45) is 0 Å². The van der Waals surface area contributed by atoms with E-state index in [1.54, 1.807) is 16.9 Å². The predicted molar refractivity (Wildman–Crippen MR) is 63.3 cm³/mol. The third-order valence-corrected chi connectivity index (χ3v) is 2.48. The van der Waals surface area contributed by atoms with E-state index in [0.29, 0.717) is 5.82 Å². The van der Waals surface area contributed by atoms with Gasteiger partial charge in [-0.3, -0.25) is 0 Å². The lowest BCUT2D eigenvalue weighted by Crippen LogP contribution is -1.99. The summed E-state index contributed by atoms with van der Waals surface area (Å²) >= 11 is 0. The lowest BCUT2D eigenvalue weighted by atomic mass is 10.2. The first-order chi connectivity index (χ1) is 7.84. The van der Waals surface area contributed by atoms with E-state index < -0.39 is 0 Å². The Kier molecular flexibility index (Phi) is 1.86. The molecule has 0 saturated carbocycles. The lowest BCUT2D eigenvalue weighted by Gasteiger charge is -2.04. The Hall–Kier alpha value is -2.36. The molecule has 78 valence electrons. The minimum atomic E-state index is 0.495. The number of hydrogen-bond acceptors (Lipinski definition) is 3. The first-order valence-corrected chi connectivity index (χ1v) is 5.00. The molecule has 0 unspecified atom stereocenters. The second-order valence-corrected chi connectivity index (χ2v) is 3.54. The van der Waals surface area contributed by atoms with Gasteiger partial charge in [0.15, 0.2) is 5.82 Å². The predicted octanol–water partition coefficient (Wildman–Crippen LogP) is 2.00. The maximum Gasteiger partial charge on any atom is 0.161 e. The van der Waals surface area contributed by atoms with Crippen molar-refractivity contribution in [3.63, 3.8) is 0 Å². The summed E-state index contributed by atoms with van der Waals surface area (Å²) in [4.78, 5) is 4.34. The third kappa shape index (κ3) is 1.32. The van der Waals surface area contributed by atoms with Gasteiger partial charge in [0.1, 0.15) is 5.82 Å². The molecule has 2 aromatic heterocycles. The van der Waals surface area contributed by atoms with Crippen LogP contribution in [0.4, 0.5) is 5.82 Å². The first-order valence-electron chi connectivity index (χ1n) is 5.00. The molecule has 0 fully saturated rings. The monoisotopic (exact) mass is 210 g/mol. The van der Waals surface area contributed by atoms with Gasteiger partial charge in [-0.1, -0.05) is 24.3 Å². The van der Waals surface area contributed by atoms with Crippen LogP contribution in [0.3, 0.4) is 0 Å². The number of rotatable bonds is 1. The summed E-state index contributed by atoms with van der Waals surface area (Å²) in [6, 6.07) is 11.8. The molecule has 0 radical (unpaired) electrons. The highest BCUT2D eigenvalue weighted by Crippen LogP contribution is 2.19. The molecule has 3 aromatic rings. The molecule has 0 bridgehead atoms. The van der Waals surface area contributed by atoms with Crippen molar-refractivity contribution in [2.75, 3.05) is 5.73 Å². The molecule has 4 nitrogen and oxygen atoms in total. The highest BCUT2D eigenvalue weighted by Gasteiger charge is 2.04. The van der Waals surface area contributed by atoms with Crippen LogP contribution in [-0.4, -0.2) is 14.8 Å². The molecule has 0 saturated heterocycles. The first kappa shape index (κ1) is 8.91. The number of anilines is 1. The van der Waals surface area contributed by atoms with Gasteiger partial charge in [0.05, 0.1) is 0 Å². The van der Waals surface area contributed by atoms with Gasteiger partial charge in [-0.15, -0.1) is 5.10 Å². The fraction of sp³-hybridized carbons (Fsp3) is 0. The Morgan fingerprint density at radius 2 is 1.94 bits per heavy atom. The van der Waals surface area contributed by atoms with Crippen molar-refractivity contribution in [2.45, 2.75) is 0 Å². The lowest BCUT2D eigenvalue weighted by molar-refractivity contribution is 0.861. The average molecular weight is 210 g/mol. The van der Waals surface area contributed by atoms with Crippen LogP contribution in [-0.2, 0) is 0 Å². The topological polar surface area (TPSA) is 56.7 Å². The zero-order chi connectivity index (χ0) is 11.0. The van der Waals surface area contributed by atoms with Gasteiger partial charge < -0.3 is 5.73 Å². The summed E-state index contributed by atoms with van der Waals surface area (Å²) < 4.78 is 1.69. The van der Waals surface area contributed by atoms with Crippen LogP contribution in [0.5, 0.6) is 0 Å². The summed E-state index contributed by atoms with van der Waals surface area (Å²) in [5.74, 6) is 1.30. The van der Waals surface area contributed by atoms with Crippen LogP contribution in [0.1, 0.15) is 0 Å². The number of hydrogen-bond donors (Lipinski definition) is 1. The molecule has 0 aliphatic heterocycles. The van der Waals surface area contributed by atoms with E-state index in [1.807, 2.05) is 36.5 Å². The van der Waals surface area contributed by atoms with Crippen LogP contribution in [0.25, 0.3) is 16.6 Å². The molecule has 16 heavy (non-hydrogen) atoms. The Morgan fingerprint density at radius 1 is 1.06 bits per heavy atom. The number of fused-ring (bicyclic) bond motifs is 1. The number of nitrogens with zero attached hydrogens (tertiary/aromatic N) is 3. The van der Waals surface area contributed by atoms with Gasteiger partial charge in [0.2, 0.25) is 0 Å². The second-order valence-electron chi connectivity index (χ2n) is 3.54. The maximum absolute atomic E-state index is 5.60. The zero-order valence-corrected chi connectivity index (χ0v) is 8.54. The molecule has 0 atom stereocenters. The van der Waals surface area contributed by atoms with E-state index in [2.05, 4.69) is 10.1 Å². The Labute approximate surface area is 92.3 Å². The quantitative estimate of drug-likeness (QED) is 0.668. The van der Waals surface area contributed by atoms with E-state index in [0.717, 1.165) is 16.6 Å². The van der Waals surface area contributed by atoms with Crippen molar-refractivity contribution in [1.82, 2.24) is 14.8 Å². The molecule has 0 aliphatic rings. The van der Waals surface area contributed by atoms with Crippen LogP contribution in [0, 0.1) is 0 Å². The third-order valence-electron chi connectivity index (χ3n) is 2.48. The molecular formula is C12H10N4. The molecule has 4 heteroatoms. The largest absolute Gasteiger partial charge is 0.382 e. The van der Waals surface area contributed by atoms with Crippen LogP contribution in [0.2, 0.25) is 0 Å². The number of benzene rings is 1. The van der Waals surface area contributed by atoms with E-state index in [-0.39, 0.29) is 0 Å². The fourth-order valence-electron chi connectivity index (χ4n) is 1.74. The van der Waals surface area contributed by atoms with Gasteiger partial charge in [0, 0.05) is 23.8 Å². The van der Waals surface area contributed by atoms with Gasteiger partial charge in [-0.2, -0.15) is 0 Å². The summed E-state index contributed by atoms with van der Waals surface area (Å²) in [5.41, 5.74) is 5.60. The Bertz CT molecular complexity index is 637. The van der Waals surface area contributed by atoms with Crippen LogP contribution >= 0.6 is 0 Å². The van der Waals surface area contributed by atoms with Crippen LogP contribution < -0.4 is 5.73 Å². The van der Waals surface area contributed by atoms with Crippen LogP contribution in [0.15, 0.2) is 48.8 Å². The molecule has 1 aromatic carbocycles. The van der Waals surface area contributed by atoms with Gasteiger partial charge in [0.25, 0.3) is 0 Å². The Morgan fingerprint density at radius 3 is 2.75 bits per heavy atom. The summed E-state index contributed by atoms with van der Waals surface area (Å²) in [7, 11) is 0. The number of aromatic nitrogens is 3. The smallest absolute Gasteiger partial charge is 0.161 e. The molecule has 0 spiro atoms. The van der Waals surface area contributed by atoms with Crippen molar-refractivity contribution >= 4 is 16.6 Å². The highest BCUT2D eigenvalue weighted by atomic mass is 15.3. The molecule has 0 amide bonds. The van der Waals surface area contributed by atoms with E-state index in [9.17, 15) is 0 Å². The average Bonchev–Trinajstić information content (AvgIpc) is 2.75. The minimum Gasteiger partial charge on any atom is -0.382 e. The normalized spacial score (nSPS) is 10.8.